The molecule has 23 heavy (non-hydrogen) atoms. The zero-order valence-corrected chi connectivity index (χ0v) is 12.1. The van der Waals surface area contributed by atoms with Gasteiger partial charge in [0.25, 0.3) is 5.69 Å². The fraction of sp³-hybridized carbons (Fsp3) is 0.308. The lowest BCUT2D eigenvalue weighted by Gasteiger charge is -2.12. The summed E-state index contributed by atoms with van der Waals surface area (Å²) in [5, 5.41) is 22.6. The Bertz CT molecular complexity index is 884. The number of hydrogen-bond donors (Lipinski definition) is 4. The number of benzene rings is 1. The lowest BCUT2D eigenvalue weighted by molar-refractivity contribution is -0.384. The zero-order chi connectivity index (χ0) is 17.1. The minimum atomic E-state index is -0.980. The first-order valence-corrected chi connectivity index (χ1v) is 6.66. The molecule has 0 aliphatic carbocycles. The Morgan fingerprint density at radius 3 is 2.61 bits per heavy atom. The Morgan fingerprint density at radius 1 is 1.35 bits per heavy atom. The van der Waals surface area contributed by atoms with Crippen LogP contribution in [0.3, 0.4) is 0 Å². The molecule has 0 fully saturated rings. The summed E-state index contributed by atoms with van der Waals surface area (Å²) < 4.78 is 0. The van der Waals surface area contributed by atoms with Crippen LogP contribution in [-0.4, -0.2) is 32.0 Å². The van der Waals surface area contributed by atoms with Crippen molar-refractivity contribution in [2.24, 2.45) is 0 Å². The molecule has 1 atom stereocenters. The van der Waals surface area contributed by atoms with E-state index in [0.717, 1.165) is 6.07 Å². The Labute approximate surface area is 128 Å². The molecule has 122 valence electrons. The second-order valence-corrected chi connectivity index (χ2v) is 5.07. The fourth-order valence-corrected chi connectivity index (χ4v) is 2.14. The SMILES string of the molecule is CC(CC(=O)O)NCc1cc([N+](=O)[O-])cc2[nH]c(=O)c(=O)[nH]c12. The zero-order valence-electron chi connectivity index (χ0n) is 12.1. The number of fused-ring (bicyclic) bond motifs is 1. The molecule has 0 spiro atoms. The van der Waals surface area contributed by atoms with Gasteiger partial charge in [-0.15, -0.1) is 0 Å². The van der Waals surface area contributed by atoms with Crippen LogP contribution in [0.15, 0.2) is 21.7 Å². The standard InChI is InChI=1S/C13H14N4O6/c1-6(2-10(18)19)14-5-7-3-8(17(22)23)4-9-11(7)16-13(21)12(20)15-9/h3-4,6,14H,2,5H2,1H3,(H,15,20)(H,16,21)(H,18,19). The van der Waals surface area contributed by atoms with Crippen LogP contribution in [-0.2, 0) is 11.3 Å². The number of aliphatic carboxylic acids is 1. The highest BCUT2D eigenvalue weighted by molar-refractivity contribution is 5.80. The first kappa shape index (κ1) is 16.4. The Hall–Kier alpha value is -3.01. The molecule has 1 aromatic heterocycles. The summed E-state index contributed by atoms with van der Waals surface area (Å²) in [7, 11) is 0. The van der Waals surface area contributed by atoms with Crippen LogP contribution in [0.2, 0.25) is 0 Å². The first-order valence-electron chi connectivity index (χ1n) is 6.66. The van der Waals surface area contributed by atoms with Crippen LogP contribution < -0.4 is 16.4 Å². The lowest BCUT2D eigenvalue weighted by atomic mass is 10.1. The number of nitrogens with zero attached hydrogens (tertiary/aromatic N) is 1. The number of carboxylic acids is 1. The third kappa shape index (κ3) is 3.80. The molecule has 0 aliphatic heterocycles. The number of non-ortho nitro benzene ring substituents is 1. The van der Waals surface area contributed by atoms with Gasteiger partial charge in [0, 0.05) is 24.7 Å². The minimum absolute atomic E-state index is 0.0919. The molecule has 10 heteroatoms. The average molecular weight is 322 g/mol. The van der Waals surface area contributed by atoms with Crippen LogP contribution in [0.1, 0.15) is 18.9 Å². The van der Waals surface area contributed by atoms with E-state index < -0.39 is 22.0 Å². The number of H-pyrrole nitrogens is 2. The predicted octanol–water partition coefficient (Wildman–Crippen LogP) is 0.0774. The number of nitro groups is 1. The lowest BCUT2D eigenvalue weighted by Crippen LogP contribution is -2.31. The Kier molecular flexibility index (Phi) is 4.55. The fourth-order valence-electron chi connectivity index (χ4n) is 2.14. The number of carbonyl (C=O) groups is 1. The Morgan fingerprint density at radius 2 is 2.00 bits per heavy atom. The van der Waals surface area contributed by atoms with Crippen molar-refractivity contribution in [1.82, 2.24) is 15.3 Å². The molecule has 2 aromatic rings. The van der Waals surface area contributed by atoms with E-state index in [4.69, 9.17) is 5.11 Å². The average Bonchev–Trinajstić information content (AvgIpc) is 2.45. The smallest absolute Gasteiger partial charge is 0.314 e. The number of nitro benzene ring substituents is 1. The van der Waals surface area contributed by atoms with Gasteiger partial charge in [-0.25, -0.2) is 0 Å². The summed E-state index contributed by atoms with van der Waals surface area (Å²) in [6, 6.07) is 2.03. The molecule has 0 saturated heterocycles. The van der Waals surface area contributed by atoms with Gasteiger partial charge in [0.05, 0.1) is 22.4 Å². The molecule has 1 heterocycles. The van der Waals surface area contributed by atoms with Gasteiger partial charge in [-0.05, 0) is 12.5 Å². The largest absolute Gasteiger partial charge is 0.481 e. The number of carboxylic acid groups (broad SMARTS) is 1. The highest BCUT2D eigenvalue weighted by atomic mass is 16.6. The topological polar surface area (TPSA) is 158 Å². The van der Waals surface area contributed by atoms with Crippen molar-refractivity contribution in [1.29, 1.82) is 0 Å². The molecule has 0 bridgehead atoms. The van der Waals surface area contributed by atoms with E-state index in [-0.39, 0.29) is 35.7 Å². The third-order valence-electron chi connectivity index (χ3n) is 3.23. The van der Waals surface area contributed by atoms with Crippen molar-refractivity contribution in [3.63, 3.8) is 0 Å². The summed E-state index contributed by atoms with van der Waals surface area (Å²) >= 11 is 0. The van der Waals surface area contributed by atoms with Crippen molar-refractivity contribution in [2.75, 3.05) is 0 Å². The van der Waals surface area contributed by atoms with Crippen LogP contribution in [0.4, 0.5) is 5.69 Å². The van der Waals surface area contributed by atoms with Gasteiger partial charge in [-0.1, -0.05) is 0 Å². The van der Waals surface area contributed by atoms with E-state index in [1.807, 2.05) is 0 Å². The van der Waals surface area contributed by atoms with Gasteiger partial charge in [-0.3, -0.25) is 24.5 Å². The number of nitrogens with one attached hydrogen (secondary N) is 3. The maximum atomic E-state index is 11.5. The molecule has 0 amide bonds. The molecule has 0 saturated carbocycles. The second kappa shape index (κ2) is 6.40. The molecule has 0 radical (unpaired) electrons. The molecular weight excluding hydrogens is 308 g/mol. The van der Waals surface area contributed by atoms with Crippen molar-refractivity contribution >= 4 is 22.7 Å². The maximum absolute atomic E-state index is 11.5. The quantitative estimate of drug-likeness (QED) is 0.333. The van der Waals surface area contributed by atoms with Gasteiger partial charge < -0.3 is 20.4 Å². The first-order chi connectivity index (χ1) is 10.8. The summed E-state index contributed by atoms with van der Waals surface area (Å²) in [6.07, 6.45) is -0.125. The number of aromatic nitrogens is 2. The van der Waals surface area contributed by atoms with E-state index in [1.165, 1.54) is 6.07 Å². The number of hydrogen-bond acceptors (Lipinski definition) is 6. The Balaban J connectivity index is 2.45. The number of aromatic amines is 2. The second-order valence-electron chi connectivity index (χ2n) is 5.07. The van der Waals surface area contributed by atoms with Gasteiger partial charge in [-0.2, -0.15) is 0 Å². The highest BCUT2D eigenvalue weighted by Crippen LogP contribution is 2.21. The van der Waals surface area contributed by atoms with Crippen molar-refractivity contribution < 1.29 is 14.8 Å². The minimum Gasteiger partial charge on any atom is -0.481 e. The van der Waals surface area contributed by atoms with Gasteiger partial charge >= 0.3 is 17.1 Å². The van der Waals surface area contributed by atoms with E-state index >= 15 is 0 Å². The van der Waals surface area contributed by atoms with Crippen LogP contribution >= 0.6 is 0 Å². The summed E-state index contributed by atoms with van der Waals surface area (Å²) in [5.41, 5.74) is -1.26. The van der Waals surface area contributed by atoms with Crippen LogP contribution in [0.25, 0.3) is 11.0 Å². The van der Waals surface area contributed by atoms with E-state index in [1.54, 1.807) is 6.92 Å². The van der Waals surface area contributed by atoms with Crippen LogP contribution in [0, 0.1) is 10.1 Å². The van der Waals surface area contributed by atoms with E-state index in [2.05, 4.69) is 15.3 Å². The summed E-state index contributed by atoms with van der Waals surface area (Å²) in [5.74, 6) is -0.980. The van der Waals surface area contributed by atoms with Gasteiger partial charge in [0.1, 0.15) is 0 Å². The molecule has 4 N–H and O–H groups in total. The maximum Gasteiger partial charge on any atom is 0.314 e. The molecule has 0 aliphatic rings. The molecule has 1 aromatic carbocycles. The van der Waals surface area contributed by atoms with E-state index in [0.29, 0.717) is 5.56 Å². The van der Waals surface area contributed by atoms with Gasteiger partial charge in [0.15, 0.2) is 0 Å². The van der Waals surface area contributed by atoms with Crippen molar-refractivity contribution in [2.45, 2.75) is 25.9 Å². The molecule has 1 unspecified atom stereocenters. The molecule has 10 nitrogen and oxygen atoms in total. The summed E-state index contributed by atoms with van der Waals surface area (Å²) in [4.78, 5) is 48.5. The monoisotopic (exact) mass is 322 g/mol. The highest BCUT2D eigenvalue weighted by Gasteiger charge is 2.15. The van der Waals surface area contributed by atoms with E-state index in [9.17, 15) is 24.5 Å². The summed E-state index contributed by atoms with van der Waals surface area (Å²) in [6.45, 7) is 1.74. The van der Waals surface area contributed by atoms with Crippen molar-refractivity contribution in [3.8, 4) is 0 Å². The van der Waals surface area contributed by atoms with Gasteiger partial charge in [0.2, 0.25) is 0 Å². The molecule has 2 rings (SSSR count). The number of rotatable bonds is 6. The predicted molar refractivity (Wildman–Crippen MR) is 80.4 cm³/mol. The molecular formula is C13H14N4O6. The third-order valence-corrected chi connectivity index (χ3v) is 3.23. The van der Waals surface area contributed by atoms with Crippen LogP contribution in [0.5, 0.6) is 0 Å². The normalized spacial score (nSPS) is 12.2. The van der Waals surface area contributed by atoms with Crippen molar-refractivity contribution in [3.05, 3.63) is 48.5 Å².